The van der Waals surface area contributed by atoms with Gasteiger partial charge in [-0.05, 0) is 55.7 Å². The molecule has 0 amide bonds. The Labute approximate surface area is 139 Å². The summed E-state index contributed by atoms with van der Waals surface area (Å²) < 4.78 is 9.29. The lowest BCUT2D eigenvalue weighted by molar-refractivity contribution is 0.301. The molecule has 0 saturated heterocycles. The van der Waals surface area contributed by atoms with Crippen LogP contribution in [0.3, 0.4) is 0 Å². The van der Waals surface area contributed by atoms with Crippen molar-refractivity contribution in [2.24, 2.45) is 0 Å². The fourth-order valence-electron chi connectivity index (χ4n) is 2.65. The van der Waals surface area contributed by atoms with Crippen LogP contribution < -0.4 is 4.74 Å². The molecule has 0 radical (unpaired) electrons. The molecule has 0 aliphatic rings. The van der Waals surface area contributed by atoms with Crippen molar-refractivity contribution in [1.29, 1.82) is 0 Å². The molecule has 22 heavy (non-hydrogen) atoms. The maximum Gasteiger partial charge on any atom is 0.122 e. The summed E-state index contributed by atoms with van der Waals surface area (Å²) in [5.74, 6) is 0.999. The van der Waals surface area contributed by atoms with E-state index >= 15 is 0 Å². The van der Waals surface area contributed by atoms with Gasteiger partial charge < -0.3 is 9.30 Å². The number of para-hydroxylation sites is 1. The Morgan fingerprint density at radius 3 is 2.77 bits per heavy atom. The maximum absolute atomic E-state index is 5.84. The van der Waals surface area contributed by atoms with Crippen LogP contribution in [0, 0.1) is 6.92 Å². The number of unbranched alkanes of at least 4 members (excludes halogenated alkanes) is 1. The topological polar surface area (TPSA) is 14.2 Å². The summed E-state index contributed by atoms with van der Waals surface area (Å²) >= 11 is 3.52. The number of hydrogen-bond acceptors (Lipinski definition) is 1. The summed E-state index contributed by atoms with van der Waals surface area (Å²) in [5, 5.41) is 1.28. The first-order valence-electron chi connectivity index (χ1n) is 7.67. The van der Waals surface area contributed by atoms with Crippen molar-refractivity contribution < 1.29 is 4.74 Å². The summed E-state index contributed by atoms with van der Waals surface area (Å²) in [6.07, 6.45) is 4.34. The number of hydrogen-bond donors (Lipinski definition) is 0. The van der Waals surface area contributed by atoms with Gasteiger partial charge in [-0.15, -0.1) is 0 Å². The number of fused-ring (bicyclic) bond motifs is 1. The SMILES string of the molecule is Cc1ccccc1OCCCCn1ccc2cc(Br)ccc21. The monoisotopic (exact) mass is 357 g/mol. The second-order valence-corrected chi connectivity index (χ2v) is 6.45. The number of nitrogens with zero attached hydrogens (tertiary/aromatic N) is 1. The summed E-state index contributed by atoms with van der Waals surface area (Å²) in [4.78, 5) is 0. The Bertz CT molecular complexity index is 763. The first-order chi connectivity index (χ1) is 10.7. The molecule has 2 aromatic carbocycles. The molecule has 0 unspecified atom stereocenters. The summed E-state index contributed by atoms with van der Waals surface area (Å²) in [6.45, 7) is 3.89. The van der Waals surface area contributed by atoms with Crippen LogP contribution in [-0.2, 0) is 6.54 Å². The van der Waals surface area contributed by atoms with E-state index in [0.717, 1.165) is 36.2 Å². The largest absolute Gasteiger partial charge is 0.493 e. The zero-order chi connectivity index (χ0) is 15.4. The van der Waals surface area contributed by atoms with E-state index in [4.69, 9.17) is 4.74 Å². The van der Waals surface area contributed by atoms with Crippen LogP contribution in [0.2, 0.25) is 0 Å². The van der Waals surface area contributed by atoms with E-state index < -0.39 is 0 Å². The van der Waals surface area contributed by atoms with Crippen molar-refractivity contribution in [3.05, 3.63) is 64.8 Å². The summed E-state index contributed by atoms with van der Waals surface area (Å²) in [5.41, 5.74) is 2.49. The van der Waals surface area contributed by atoms with E-state index in [1.807, 2.05) is 18.2 Å². The van der Waals surface area contributed by atoms with Crippen LogP contribution in [0.25, 0.3) is 10.9 Å². The minimum atomic E-state index is 0.773. The van der Waals surface area contributed by atoms with E-state index in [1.54, 1.807) is 0 Å². The van der Waals surface area contributed by atoms with Gasteiger partial charge in [-0.25, -0.2) is 0 Å². The molecule has 0 spiro atoms. The van der Waals surface area contributed by atoms with Crippen LogP contribution in [0.5, 0.6) is 5.75 Å². The highest BCUT2D eigenvalue weighted by Gasteiger charge is 2.02. The number of ether oxygens (including phenoxy) is 1. The fourth-order valence-corrected chi connectivity index (χ4v) is 3.03. The Morgan fingerprint density at radius 1 is 1.05 bits per heavy atom. The number of benzene rings is 2. The number of halogens is 1. The Morgan fingerprint density at radius 2 is 1.91 bits per heavy atom. The molecule has 2 nitrogen and oxygen atoms in total. The van der Waals surface area contributed by atoms with Crippen LogP contribution in [0.1, 0.15) is 18.4 Å². The Kier molecular flexibility index (Phi) is 4.84. The lowest BCUT2D eigenvalue weighted by Crippen LogP contribution is -2.02. The number of aryl methyl sites for hydroxylation is 2. The van der Waals surface area contributed by atoms with Crippen molar-refractivity contribution >= 4 is 26.8 Å². The third-order valence-electron chi connectivity index (χ3n) is 3.88. The van der Waals surface area contributed by atoms with Crippen molar-refractivity contribution in [2.75, 3.05) is 6.61 Å². The zero-order valence-corrected chi connectivity index (χ0v) is 14.3. The lowest BCUT2D eigenvalue weighted by Gasteiger charge is -2.09. The second kappa shape index (κ2) is 7.01. The van der Waals surface area contributed by atoms with Gasteiger partial charge in [0, 0.05) is 28.1 Å². The molecule has 3 heteroatoms. The standard InChI is InChI=1S/C19H20BrNO/c1-15-6-2-3-7-19(15)22-13-5-4-11-21-12-10-16-14-17(20)8-9-18(16)21/h2-3,6-10,12,14H,4-5,11,13H2,1H3. The number of aromatic nitrogens is 1. The van der Waals surface area contributed by atoms with Gasteiger partial charge in [-0.1, -0.05) is 34.1 Å². The normalized spacial score (nSPS) is 11.0. The van der Waals surface area contributed by atoms with E-state index in [0.29, 0.717) is 0 Å². The Balaban J connectivity index is 1.49. The van der Waals surface area contributed by atoms with Gasteiger partial charge >= 0.3 is 0 Å². The highest BCUT2D eigenvalue weighted by molar-refractivity contribution is 9.10. The molecule has 0 N–H and O–H groups in total. The molecule has 114 valence electrons. The molecule has 3 rings (SSSR count). The van der Waals surface area contributed by atoms with Crippen molar-refractivity contribution in [2.45, 2.75) is 26.3 Å². The average molecular weight is 358 g/mol. The molecule has 0 atom stereocenters. The first-order valence-corrected chi connectivity index (χ1v) is 8.46. The predicted octanol–water partition coefficient (Wildman–Crippen LogP) is 5.57. The van der Waals surface area contributed by atoms with Gasteiger partial charge in [0.2, 0.25) is 0 Å². The van der Waals surface area contributed by atoms with E-state index in [9.17, 15) is 0 Å². The van der Waals surface area contributed by atoms with E-state index in [1.165, 1.54) is 16.5 Å². The summed E-state index contributed by atoms with van der Waals surface area (Å²) in [6, 6.07) is 16.8. The quantitative estimate of drug-likeness (QED) is 0.526. The molecule has 0 saturated carbocycles. The molecule has 0 fully saturated rings. The second-order valence-electron chi connectivity index (χ2n) is 5.53. The average Bonchev–Trinajstić information content (AvgIpc) is 2.91. The van der Waals surface area contributed by atoms with Crippen molar-refractivity contribution in [1.82, 2.24) is 4.57 Å². The van der Waals surface area contributed by atoms with Gasteiger partial charge in [0.25, 0.3) is 0 Å². The molecule has 1 heterocycles. The van der Waals surface area contributed by atoms with Crippen molar-refractivity contribution in [3.8, 4) is 5.75 Å². The molecular weight excluding hydrogens is 338 g/mol. The lowest BCUT2D eigenvalue weighted by atomic mass is 10.2. The van der Waals surface area contributed by atoms with Crippen molar-refractivity contribution in [3.63, 3.8) is 0 Å². The highest BCUT2D eigenvalue weighted by Crippen LogP contribution is 2.21. The van der Waals surface area contributed by atoms with E-state index in [-0.39, 0.29) is 0 Å². The molecule has 0 aliphatic carbocycles. The molecule has 1 aromatic heterocycles. The van der Waals surface area contributed by atoms with Crippen LogP contribution in [0.4, 0.5) is 0 Å². The first kappa shape index (κ1) is 15.2. The third kappa shape index (κ3) is 3.53. The minimum absolute atomic E-state index is 0.773. The minimum Gasteiger partial charge on any atom is -0.493 e. The highest BCUT2D eigenvalue weighted by atomic mass is 79.9. The fraction of sp³-hybridized carbons (Fsp3) is 0.263. The third-order valence-corrected chi connectivity index (χ3v) is 4.37. The van der Waals surface area contributed by atoms with Gasteiger partial charge in [0.05, 0.1) is 6.61 Å². The van der Waals surface area contributed by atoms with Gasteiger partial charge in [0.1, 0.15) is 5.75 Å². The Hall–Kier alpha value is -1.74. The zero-order valence-electron chi connectivity index (χ0n) is 12.8. The molecular formula is C19H20BrNO. The van der Waals surface area contributed by atoms with Crippen LogP contribution >= 0.6 is 15.9 Å². The molecule has 3 aromatic rings. The van der Waals surface area contributed by atoms with E-state index in [2.05, 4.69) is 63.9 Å². The predicted molar refractivity (Wildman–Crippen MR) is 95.5 cm³/mol. The molecule has 0 aliphatic heterocycles. The smallest absolute Gasteiger partial charge is 0.122 e. The van der Waals surface area contributed by atoms with Crippen LogP contribution in [0.15, 0.2) is 59.2 Å². The maximum atomic E-state index is 5.84. The van der Waals surface area contributed by atoms with Gasteiger partial charge in [-0.3, -0.25) is 0 Å². The number of rotatable bonds is 6. The summed E-state index contributed by atoms with van der Waals surface area (Å²) in [7, 11) is 0. The molecule has 0 bridgehead atoms. The van der Waals surface area contributed by atoms with Gasteiger partial charge in [0.15, 0.2) is 0 Å². The van der Waals surface area contributed by atoms with Crippen LogP contribution in [-0.4, -0.2) is 11.2 Å². The van der Waals surface area contributed by atoms with Gasteiger partial charge in [-0.2, -0.15) is 0 Å².